The molecule has 128 valence electrons. The summed E-state index contributed by atoms with van der Waals surface area (Å²) in [6, 6.07) is 10.4. The van der Waals surface area contributed by atoms with Crippen LogP contribution in [0.2, 0.25) is 0 Å². The van der Waals surface area contributed by atoms with E-state index in [2.05, 4.69) is 0 Å². The van der Waals surface area contributed by atoms with Gasteiger partial charge in [-0.15, -0.1) is 0 Å². The molecular formula is C20H18O5. The van der Waals surface area contributed by atoms with Gasteiger partial charge in [-0.05, 0) is 48.4 Å². The summed E-state index contributed by atoms with van der Waals surface area (Å²) in [4.78, 5) is 23.9. The lowest BCUT2D eigenvalue weighted by Crippen LogP contribution is -2.05. The lowest BCUT2D eigenvalue weighted by atomic mass is 10.1. The van der Waals surface area contributed by atoms with Gasteiger partial charge in [0.15, 0.2) is 5.76 Å². The van der Waals surface area contributed by atoms with E-state index < -0.39 is 0 Å². The van der Waals surface area contributed by atoms with Crippen molar-refractivity contribution in [3.05, 3.63) is 58.8 Å². The molecule has 0 amide bonds. The van der Waals surface area contributed by atoms with Gasteiger partial charge in [0.1, 0.15) is 17.2 Å². The summed E-state index contributed by atoms with van der Waals surface area (Å²) in [7, 11) is 1.61. The van der Waals surface area contributed by atoms with Crippen molar-refractivity contribution in [1.82, 2.24) is 0 Å². The molecule has 25 heavy (non-hydrogen) atoms. The minimum Gasteiger partial charge on any atom is -0.496 e. The molecule has 0 spiro atoms. The largest absolute Gasteiger partial charge is 0.496 e. The van der Waals surface area contributed by atoms with Gasteiger partial charge in [-0.1, -0.05) is 13.0 Å². The second-order valence-corrected chi connectivity index (χ2v) is 5.65. The number of esters is 1. The lowest BCUT2D eigenvalue weighted by Gasteiger charge is -2.05. The van der Waals surface area contributed by atoms with Crippen LogP contribution in [0.15, 0.2) is 42.2 Å². The zero-order valence-corrected chi connectivity index (χ0v) is 14.3. The van der Waals surface area contributed by atoms with Crippen LogP contribution in [-0.2, 0) is 4.79 Å². The number of aryl methyl sites for hydroxylation is 1. The van der Waals surface area contributed by atoms with Crippen molar-refractivity contribution >= 4 is 17.8 Å². The third kappa shape index (κ3) is 3.40. The van der Waals surface area contributed by atoms with Crippen LogP contribution in [0, 0.1) is 6.92 Å². The first-order valence-electron chi connectivity index (χ1n) is 7.95. The minimum absolute atomic E-state index is 0.197. The number of fused-ring (bicyclic) bond motifs is 1. The molecule has 0 aromatic heterocycles. The normalized spacial score (nSPS) is 14.2. The van der Waals surface area contributed by atoms with Crippen molar-refractivity contribution in [3.63, 3.8) is 0 Å². The number of hydrogen-bond donors (Lipinski definition) is 0. The number of allylic oxidation sites excluding steroid dienone is 1. The fourth-order valence-corrected chi connectivity index (χ4v) is 2.58. The Morgan fingerprint density at radius 2 is 2.00 bits per heavy atom. The average Bonchev–Trinajstić information content (AvgIpc) is 2.90. The van der Waals surface area contributed by atoms with Crippen LogP contribution in [0.25, 0.3) is 6.08 Å². The van der Waals surface area contributed by atoms with Gasteiger partial charge >= 0.3 is 5.97 Å². The predicted molar refractivity (Wildman–Crippen MR) is 93.0 cm³/mol. The van der Waals surface area contributed by atoms with E-state index in [1.54, 1.807) is 38.3 Å². The van der Waals surface area contributed by atoms with Gasteiger partial charge < -0.3 is 14.2 Å². The molecule has 0 saturated heterocycles. The first kappa shape index (κ1) is 16.8. The fourth-order valence-electron chi connectivity index (χ4n) is 2.58. The Morgan fingerprint density at radius 3 is 2.68 bits per heavy atom. The van der Waals surface area contributed by atoms with E-state index >= 15 is 0 Å². The van der Waals surface area contributed by atoms with E-state index in [-0.39, 0.29) is 23.9 Å². The third-order valence-corrected chi connectivity index (χ3v) is 3.88. The Kier molecular flexibility index (Phi) is 4.57. The highest BCUT2D eigenvalue weighted by atomic mass is 16.5. The van der Waals surface area contributed by atoms with Gasteiger partial charge in [-0.3, -0.25) is 9.59 Å². The summed E-state index contributed by atoms with van der Waals surface area (Å²) in [5.74, 6) is 1.23. The molecule has 2 aromatic rings. The molecule has 0 unspecified atom stereocenters. The Labute approximate surface area is 145 Å². The summed E-state index contributed by atoms with van der Waals surface area (Å²) in [6.45, 7) is 3.65. The van der Waals surface area contributed by atoms with Gasteiger partial charge in [-0.25, -0.2) is 0 Å². The van der Waals surface area contributed by atoms with E-state index in [1.807, 2.05) is 25.1 Å². The third-order valence-electron chi connectivity index (χ3n) is 3.88. The monoisotopic (exact) mass is 338 g/mol. The summed E-state index contributed by atoms with van der Waals surface area (Å²) in [5, 5.41) is 0. The Hall–Kier alpha value is -3.08. The van der Waals surface area contributed by atoms with E-state index in [0.717, 1.165) is 16.9 Å². The summed E-state index contributed by atoms with van der Waals surface area (Å²) in [5.41, 5.74) is 2.26. The van der Waals surface area contributed by atoms with Crippen LogP contribution in [0.5, 0.6) is 17.2 Å². The number of ether oxygens (including phenoxy) is 3. The smallest absolute Gasteiger partial charge is 0.310 e. The van der Waals surface area contributed by atoms with Crippen molar-refractivity contribution in [1.29, 1.82) is 0 Å². The topological polar surface area (TPSA) is 61.8 Å². The van der Waals surface area contributed by atoms with Crippen LogP contribution in [0.1, 0.15) is 34.8 Å². The van der Waals surface area contributed by atoms with Crippen molar-refractivity contribution in [2.75, 3.05) is 7.11 Å². The number of rotatable bonds is 4. The number of Topliss-reactive ketones (excluding diaryl/α,β-unsaturated/α-hetero) is 1. The molecule has 0 fully saturated rings. The number of carbonyl (C=O) groups excluding carboxylic acids is 2. The Balaban J connectivity index is 1.86. The number of benzene rings is 2. The number of carbonyl (C=O) groups is 2. The SMILES string of the molecule is CCC(=O)Oc1ccc2c(c1)O/C(=C\c1ccc(OC)c(C)c1)C2=O. The highest BCUT2D eigenvalue weighted by molar-refractivity contribution is 6.14. The van der Waals surface area contributed by atoms with E-state index in [4.69, 9.17) is 14.2 Å². The van der Waals surface area contributed by atoms with Gasteiger partial charge in [0.25, 0.3) is 0 Å². The lowest BCUT2D eigenvalue weighted by molar-refractivity contribution is -0.134. The van der Waals surface area contributed by atoms with E-state index in [1.165, 1.54) is 0 Å². The van der Waals surface area contributed by atoms with E-state index in [0.29, 0.717) is 17.1 Å². The molecule has 3 rings (SSSR count). The summed E-state index contributed by atoms with van der Waals surface area (Å²) < 4.78 is 16.1. The standard InChI is InChI=1S/C20H18O5/c1-4-19(21)24-14-6-7-15-17(11-14)25-18(20(15)22)10-13-5-8-16(23-3)12(2)9-13/h5-11H,4H2,1-3H3/b18-10-. The molecule has 1 heterocycles. The zero-order chi connectivity index (χ0) is 18.0. The highest BCUT2D eigenvalue weighted by Gasteiger charge is 2.28. The summed E-state index contributed by atoms with van der Waals surface area (Å²) >= 11 is 0. The van der Waals surface area contributed by atoms with Crippen LogP contribution < -0.4 is 14.2 Å². The molecule has 0 N–H and O–H groups in total. The average molecular weight is 338 g/mol. The molecule has 5 nitrogen and oxygen atoms in total. The minimum atomic E-state index is -0.339. The highest BCUT2D eigenvalue weighted by Crippen LogP contribution is 2.35. The van der Waals surface area contributed by atoms with Gasteiger partial charge in [-0.2, -0.15) is 0 Å². The molecule has 5 heteroatoms. The second-order valence-electron chi connectivity index (χ2n) is 5.65. The van der Waals surface area contributed by atoms with Crippen molar-refractivity contribution < 1.29 is 23.8 Å². The van der Waals surface area contributed by atoms with Crippen molar-refractivity contribution in [2.24, 2.45) is 0 Å². The van der Waals surface area contributed by atoms with Crippen LogP contribution >= 0.6 is 0 Å². The number of hydrogen-bond acceptors (Lipinski definition) is 5. The molecule has 0 bridgehead atoms. The molecule has 0 saturated carbocycles. The van der Waals surface area contributed by atoms with Crippen molar-refractivity contribution in [3.8, 4) is 17.2 Å². The van der Waals surface area contributed by atoms with Crippen LogP contribution in [0.4, 0.5) is 0 Å². The molecule has 2 aromatic carbocycles. The molecule has 0 radical (unpaired) electrons. The Bertz CT molecular complexity index is 880. The molecular weight excluding hydrogens is 320 g/mol. The maximum absolute atomic E-state index is 12.5. The van der Waals surface area contributed by atoms with Gasteiger partial charge in [0, 0.05) is 12.5 Å². The quantitative estimate of drug-likeness (QED) is 0.480. The number of ketones is 1. The second kappa shape index (κ2) is 6.81. The maximum atomic E-state index is 12.5. The molecule has 1 aliphatic rings. The van der Waals surface area contributed by atoms with Gasteiger partial charge in [0.05, 0.1) is 12.7 Å². The molecule has 0 atom stereocenters. The van der Waals surface area contributed by atoms with Crippen molar-refractivity contribution in [2.45, 2.75) is 20.3 Å². The predicted octanol–water partition coefficient (Wildman–Crippen LogP) is 3.94. The summed E-state index contributed by atoms with van der Waals surface area (Å²) in [6.07, 6.45) is 1.96. The molecule has 0 aliphatic carbocycles. The van der Waals surface area contributed by atoms with Gasteiger partial charge in [0.2, 0.25) is 5.78 Å². The molecule has 1 aliphatic heterocycles. The first-order chi connectivity index (χ1) is 12.0. The Morgan fingerprint density at radius 1 is 1.20 bits per heavy atom. The van der Waals surface area contributed by atoms with E-state index in [9.17, 15) is 9.59 Å². The van der Waals surface area contributed by atoms with Crippen LogP contribution in [0.3, 0.4) is 0 Å². The maximum Gasteiger partial charge on any atom is 0.310 e. The van der Waals surface area contributed by atoms with Crippen LogP contribution in [-0.4, -0.2) is 18.9 Å². The fraction of sp³-hybridized carbons (Fsp3) is 0.200. The number of methoxy groups -OCH3 is 1. The first-order valence-corrected chi connectivity index (χ1v) is 7.95. The zero-order valence-electron chi connectivity index (χ0n) is 14.3.